The molecule has 0 atom stereocenters. The van der Waals surface area contributed by atoms with Gasteiger partial charge >= 0.3 is 0 Å². The van der Waals surface area contributed by atoms with Crippen LogP contribution in [0, 0.1) is 10.2 Å². The molecular formula is C29H29ClN2O6P+. The summed E-state index contributed by atoms with van der Waals surface area (Å²) in [6.45, 7) is 5.93. The van der Waals surface area contributed by atoms with Gasteiger partial charge in [0.15, 0.2) is 13.0 Å². The van der Waals surface area contributed by atoms with Gasteiger partial charge in [-0.1, -0.05) is 54.6 Å². The first-order valence-electron chi connectivity index (χ1n) is 12.3. The van der Waals surface area contributed by atoms with Gasteiger partial charge in [-0.15, -0.1) is 0 Å². The number of furan rings is 1. The molecule has 2 aromatic heterocycles. The van der Waals surface area contributed by atoms with Crippen LogP contribution in [0.15, 0.2) is 118 Å². The highest BCUT2D eigenvalue weighted by atomic mass is 35.7. The van der Waals surface area contributed by atoms with Gasteiger partial charge in [0, 0.05) is 13.1 Å². The molecule has 5 aromatic rings. The lowest BCUT2D eigenvalue weighted by Crippen LogP contribution is -2.58. The number of halogens is 1. The van der Waals surface area contributed by atoms with E-state index in [4.69, 9.17) is 32.5 Å². The molecule has 0 fully saturated rings. The van der Waals surface area contributed by atoms with Crippen LogP contribution in [0.25, 0.3) is 11.7 Å². The van der Waals surface area contributed by atoms with Crippen LogP contribution < -0.4 is 40.2 Å². The second-order valence-electron chi connectivity index (χ2n) is 8.37. The van der Waals surface area contributed by atoms with E-state index in [0.717, 1.165) is 24.4 Å². The van der Waals surface area contributed by atoms with E-state index in [-0.39, 0.29) is 0 Å². The standard InChI is InChI=1S/C29H28N2O2P.ClHO4/c1-3-31(4-2)29-28(30-27(33-29)26-21-14-22-32-26)34(23-15-8-5-9-16-23,24-17-10-6-11-18-24)25-19-12-7-13-20-25;2-1(3,4)5/h5-22H,3-4H2,1-2H3;(H,2,3,4,5)/q+1;. The minimum atomic E-state index is -4.69. The van der Waals surface area contributed by atoms with Gasteiger partial charge in [0.05, 0.1) is 21.2 Å². The highest BCUT2D eigenvalue weighted by Crippen LogP contribution is 2.56. The van der Waals surface area contributed by atoms with Gasteiger partial charge in [-0.2, -0.15) is 19.0 Å². The monoisotopic (exact) mass is 567 g/mol. The molecule has 10 heteroatoms. The van der Waals surface area contributed by atoms with Crippen molar-refractivity contribution in [3.8, 4) is 11.7 Å². The Morgan fingerprint density at radius 3 is 1.54 bits per heavy atom. The number of nitrogens with zero attached hydrogens (tertiary/aromatic N) is 2. The molecule has 0 radical (unpaired) electrons. The van der Waals surface area contributed by atoms with E-state index in [9.17, 15) is 0 Å². The molecule has 0 aliphatic carbocycles. The number of benzene rings is 3. The second-order valence-corrected chi connectivity index (χ2v) is 12.5. The van der Waals surface area contributed by atoms with Crippen molar-refractivity contribution in [1.29, 1.82) is 0 Å². The fourth-order valence-electron chi connectivity index (χ4n) is 4.51. The molecule has 0 bridgehead atoms. The van der Waals surface area contributed by atoms with E-state index in [0.29, 0.717) is 11.7 Å². The fraction of sp³-hybridized carbons (Fsp3) is 0.138. The summed E-state index contributed by atoms with van der Waals surface area (Å²) in [7, 11) is -7.09. The molecule has 0 spiro atoms. The van der Waals surface area contributed by atoms with Crippen LogP contribution in [-0.4, -0.2) is 22.7 Å². The van der Waals surface area contributed by atoms with E-state index < -0.39 is 17.5 Å². The normalized spacial score (nSPS) is 11.5. The van der Waals surface area contributed by atoms with E-state index in [1.807, 2.05) is 12.1 Å². The van der Waals surface area contributed by atoms with Crippen LogP contribution in [0.5, 0.6) is 0 Å². The summed E-state index contributed by atoms with van der Waals surface area (Å²) in [6, 6.07) is 36.0. The minimum Gasteiger partial charge on any atom is -0.459 e. The molecule has 39 heavy (non-hydrogen) atoms. The second kappa shape index (κ2) is 12.6. The number of rotatable bonds is 8. The lowest BCUT2D eigenvalue weighted by molar-refractivity contribution is -1.92. The number of oxazole rings is 1. The fourth-order valence-corrected chi connectivity index (χ4v) is 8.71. The van der Waals surface area contributed by atoms with Crippen molar-refractivity contribution in [3.63, 3.8) is 0 Å². The Morgan fingerprint density at radius 2 is 1.18 bits per heavy atom. The third-order valence-corrected chi connectivity index (χ3v) is 10.3. The van der Waals surface area contributed by atoms with Crippen molar-refractivity contribution in [2.45, 2.75) is 13.8 Å². The first-order valence-corrected chi connectivity index (χ1v) is 15.3. The van der Waals surface area contributed by atoms with Gasteiger partial charge in [0.25, 0.3) is 17.2 Å². The predicted octanol–water partition coefficient (Wildman–Crippen LogP) is 1.28. The molecule has 8 nitrogen and oxygen atoms in total. The van der Waals surface area contributed by atoms with E-state index >= 15 is 0 Å². The average molecular weight is 568 g/mol. The highest BCUT2D eigenvalue weighted by molar-refractivity contribution is 8.01. The maximum atomic E-state index is 8.60. The molecule has 1 N–H and O–H groups in total. The van der Waals surface area contributed by atoms with Crippen LogP contribution >= 0.6 is 7.26 Å². The van der Waals surface area contributed by atoms with Crippen LogP contribution in [0.1, 0.15) is 13.8 Å². The number of aromatic nitrogens is 1. The molecule has 0 amide bonds. The van der Waals surface area contributed by atoms with E-state index in [2.05, 4.69) is 110 Å². The topological polar surface area (TPSA) is 132 Å². The van der Waals surface area contributed by atoms with Crippen molar-refractivity contribution in [1.82, 2.24) is 4.98 Å². The summed E-state index contributed by atoms with van der Waals surface area (Å²) in [5.74, 6) is 1.95. The molecule has 0 saturated heterocycles. The maximum absolute atomic E-state index is 8.60. The van der Waals surface area contributed by atoms with Gasteiger partial charge in [0.1, 0.15) is 15.9 Å². The quantitative estimate of drug-likeness (QED) is 0.277. The third kappa shape index (κ3) is 6.40. The van der Waals surface area contributed by atoms with Gasteiger partial charge in [-0.05, 0) is 62.4 Å². The molecule has 3 aromatic carbocycles. The first-order chi connectivity index (χ1) is 18.8. The lowest BCUT2D eigenvalue weighted by atomic mass is 10.4. The van der Waals surface area contributed by atoms with Crippen molar-refractivity contribution >= 4 is 34.5 Å². The average Bonchev–Trinajstić information content (AvgIpc) is 3.62. The molecule has 202 valence electrons. The highest BCUT2D eigenvalue weighted by Gasteiger charge is 2.53. The van der Waals surface area contributed by atoms with Gasteiger partial charge in [-0.25, -0.2) is 0 Å². The predicted molar refractivity (Wildman–Crippen MR) is 145 cm³/mol. The zero-order chi connectivity index (χ0) is 27.9. The zero-order valence-corrected chi connectivity index (χ0v) is 23.2. The van der Waals surface area contributed by atoms with Crippen LogP contribution in [0.3, 0.4) is 0 Å². The summed E-state index contributed by atoms with van der Waals surface area (Å²) >= 11 is 0. The van der Waals surface area contributed by atoms with E-state index in [1.165, 1.54) is 15.9 Å². The van der Waals surface area contributed by atoms with Crippen molar-refractivity contribution in [2.24, 2.45) is 0 Å². The van der Waals surface area contributed by atoms with E-state index in [1.54, 1.807) is 6.26 Å². The molecule has 0 unspecified atom stereocenters. The molecule has 0 aliphatic heterocycles. The van der Waals surface area contributed by atoms with Gasteiger partial charge in [0.2, 0.25) is 0 Å². The number of anilines is 1. The van der Waals surface area contributed by atoms with Gasteiger partial charge in [-0.3, -0.25) is 0 Å². The van der Waals surface area contributed by atoms with Gasteiger partial charge < -0.3 is 13.7 Å². The third-order valence-electron chi connectivity index (χ3n) is 6.12. The smallest absolute Gasteiger partial charge is 0.268 e. The van der Waals surface area contributed by atoms with Crippen molar-refractivity contribution in [2.75, 3.05) is 18.0 Å². The Kier molecular flexibility index (Phi) is 9.20. The largest absolute Gasteiger partial charge is 0.459 e. The minimum absolute atomic E-state index is 0.508. The Balaban J connectivity index is 0.000000648. The van der Waals surface area contributed by atoms with Crippen LogP contribution in [-0.2, 0) is 0 Å². The molecule has 2 heterocycles. The molecule has 0 aliphatic rings. The molecule has 5 rings (SSSR count). The molecule has 0 saturated carbocycles. The number of hydrogen-bond acceptors (Lipinski definition) is 8. The molecular weight excluding hydrogens is 539 g/mol. The van der Waals surface area contributed by atoms with Crippen LogP contribution in [0.2, 0.25) is 0 Å². The summed E-state index contributed by atoms with van der Waals surface area (Å²) < 4.78 is 44.9. The Morgan fingerprint density at radius 1 is 0.744 bits per heavy atom. The zero-order valence-electron chi connectivity index (χ0n) is 21.5. The lowest BCUT2D eigenvalue weighted by Gasteiger charge is -2.27. The SMILES string of the molecule is CCN(CC)c1oc(-c2ccco2)nc1[P+](c1ccccc1)(c1ccccc1)c1ccccc1.[O-][Cl+3]([O-])([O-])O. The van der Waals surface area contributed by atoms with Crippen molar-refractivity contribution in [3.05, 3.63) is 109 Å². The number of hydrogen-bond donors (Lipinski definition) is 1. The summed E-state index contributed by atoms with van der Waals surface area (Å²) in [5.41, 5.74) is 0.964. The van der Waals surface area contributed by atoms with Crippen LogP contribution in [0.4, 0.5) is 5.88 Å². The summed E-state index contributed by atoms with van der Waals surface area (Å²) in [5, 5.41) is 3.71. The summed E-state index contributed by atoms with van der Waals surface area (Å²) in [6.07, 6.45) is 1.66. The Labute approximate surface area is 229 Å². The van der Waals surface area contributed by atoms with Crippen molar-refractivity contribution < 1.29 is 37.7 Å². The Bertz CT molecular complexity index is 1320. The maximum Gasteiger partial charge on any atom is 0.268 e. The first kappa shape index (κ1) is 28.5. The summed E-state index contributed by atoms with van der Waals surface area (Å²) in [4.78, 5) is 7.47. The Hall–Kier alpha value is -3.49.